The third kappa shape index (κ3) is 3.60. The summed E-state index contributed by atoms with van der Waals surface area (Å²) in [5, 5.41) is 1.44. The third-order valence-electron chi connectivity index (χ3n) is 4.34. The van der Waals surface area contributed by atoms with Crippen LogP contribution in [0.2, 0.25) is 0 Å². The highest BCUT2D eigenvalue weighted by molar-refractivity contribution is 6.14. The molecule has 4 heteroatoms. The number of fused-ring (bicyclic) bond motifs is 1. The Morgan fingerprint density at radius 3 is 2.00 bits per heavy atom. The molecule has 0 bridgehead atoms. The fourth-order valence-electron chi connectivity index (χ4n) is 3.00. The van der Waals surface area contributed by atoms with E-state index in [0.717, 1.165) is 22.2 Å². The van der Waals surface area contributed by atoms with Gasteiger partial charge in [0.1, 0.15) is 0 Å². The van der Waals surface area contributed by atoms with Gasteiger partial charge in [-0.2, -0.15) is 0 Å². The van der Waals surface area contributed by atoms with Gasteiger partial charge in [0.15, 0.2) is 0 Å². The van der Waals surface area contributed by atoms with E-state index in [1.54, 1.807) is 18.5 Å². The molecule has 0 saturated heterocycles. The number of rotatable bonds is 4. The second kappa shape index (κ2) is 7.46. The van der Waals surface area contributed by atoms with Gasteiger partial charge in [-0.3, -0.25) is 4.98 Å². The van der Waals surface area contributed by atoms with E-state index in [1.807, 2.05) is 60.7 Å². The quantitative estimate of drug-likeness (QED) is 0.391. The highest BCUT2D eigenvalue weighted by Crippen LogP contribution is 2.30. The average molecular weight is 358 g/mol. The maximum absolute atomic E-state index is 13.2. The van der Waals surface area contributed by atoms with Crippen molar-refractivity contribution in [3.8, 4) is 0 Å². The van der Waals surface area contributed by atoms with Gasteiger partial charge in [0.25, 0.3) is 6.43 Å². The second-order valence-corrected chi connectivity index (χ2v) is 6.13. The molecule has 0 spiro atoms. The largest absolute Gasteiger partial charge is 0.263 e. The molecule has 0 unspecified atom stereocenters. The van der Waals surface area contributed by atoms with Gasteiger partial charge in [-0.1, -0.05) is 72.8 Å². The summed E-state index contributed by atoms with van der Waals surface area (Å²) in [6, 6.07) is 24.2. The van der Waals surface area contributed by atoms with Gasteiger partial charge in [0, 0.05) is 33.7 Å². The van der Waals surface area contributed by atoms with Gasteiger partial charge in [-0.15, -0.1) is 0 Å². The number of hydrogen-bond donors (Lipinski definition) is 0. The first kappa shape index (κ1) is 17.0. The molecule has 2 nitrogen and oxygen atoms in total. The summed E-state index contributed by atoms with van der Waals surface area (Å²) in [5.41, 5.74) is 3.22. The Hall–Kier alpha value is -3.40. The first-order chi connectivity index (χ1) is 13.2. The molecule has 0 atom stereocenters. The van der Waals surface area contributed by atoms with Crippen molar-refractivity contribution in [2.24, 2.45) is 4.99 Å². The van der Waals surface area contributed by atoms with Gasteiger partial charge in [0.05, 0.1) is 17.6 Å². The lowest BCUT2D eigenvalue weighted by atomic mass is 10.0. The van der Waals surface area contributed by atoms with Crippen molar-refractivity contribution in [1.82, 2.24) is 4.98 Å². The Labute approximate surface area is 155 Å². The number of nitrogens with zero attached hydrogens (tertiary/aromatic N) is 2. The SMILES string of the molecule is FC(F)c1ccc2cncc(N=C(c3ccccc3)c3ccccc3)c2c1. The summed E-state index contributed by atoms with van der Waals surface area (Å²) in [6.45, 7) is 0. The Morgan fingerprint density at radius 1 is 0.778 bits per heavy atom. The molecule has 4 aromatic rings. The fraction of sp³-hybridized carbons (Fsp3) is 0.0435. The summed E-state index contributed by atoms with van der Waals surface area (Å²) in [6.07, 6.45) is 0.750. The van der Waals surface area contributed by atoms with Crippen molar-refractivity contribution in [3.63, 3.8) is 0 Å². The van der Waals surface area contributed by atoms with Crippen molar-refractivity contribution in [2.75, 3.05) is 0 Å². The molecular weight excluding hydrogens is 342 g/mol. The van der Waals surface area contributed by atoms with Crippen LogP contribution in [0.1, 0.15) is 23.1 Å². The van der Waals surface area contributed by atoms with Crippen LogP contribution < -0.4 is 0 Å². The Balaban J connectivity index is 1.94. The maximum atomic E-state index is 13.2. The predicted octanol–water partition coefficient (Wildman–Crippen LogP) is 6.34. The maximum Gasteiger partial charge on any atom is 0.263 e. The normalized spacial score (nSPS) is 10.9. The molecule has 3 aromatic carbocycles. The lowest BCUT2D eigenvalue weighted by Gasteiger charge is -2.10. The fourth-order valence-corrected chi connectivity index (χ4v) is 3.00. The molecule has 1 aromatic heterocycles. The number of aromatic nitrogens is 1. The summed E-state index contributed by atoms with van der Waals surface area (Å²) in [4.78, 5) is 9.07. The number of halogens is 2. The van der Waals surface area contributed by atoms with E-state index in [0.29, 0.717) is 11.1 Å². The highest BCUT2D eigenvalue weighted by Gasteiger charge is 2.12. The van der Waals surface area contributed by atoms with E-state index >= 15 is 0 Å². The van der Waals surface area contributed by atoms with E-state index < -0.39 is 6.43 Å². The minimum Gasteiger partial charge on any atom is -0.262 e. The van der Waals surface area contributed by atoms with Crippen LogP contribution in [-0.2, 0) is 0 Å². The average Bonchev–Trinajstić information content (AvgIpc) is 2.73. The zero-order valence-electron chi connectivity index (χ0n) is 14.4. The van der Waals surface area contributed by atoms with Crippen LogP contribution in [0.15, 0.2) is 96.2 Å². The molecule has 132 valence electrons. The van der Waals surface area contributed by atoms with Crippen LogP contribution in [0.5, 0.6) is 0 Å². The van der Waals surface area contributed by atoms with Crippen molar-refractivity contribution >= 4 is 22.2 Å². The van der Waals surface area contributed by atoms with Gasteiger partial charge in [-0.25, -0.2) is 13.8 Å². The monoisotopic (exact) mass is 358 g/mol. The number of aliphatic imine (C=N–C) groups is 1. The van der Waals surface area contributed by atoms with Gasteiger partial charge < -0.3 is 0 Å². The topological polar surface area (TPSA) is 25.2 Å². The van der Waals surface area contributed by atoms with E-state index in [-0.39, 0.29) is 5.56 Å². The van der Waals surface area contributed by atoms with Crippen LogP contribution in [0.25, 0.3) is 10.8 Å². The van der Waals surface area contributed by atoms with Crippen LogP contribution in [0.3, 0.4) is 0 Å². The molecule has 0 amide bonds. The standard InChI is InChI=1S/C23H16F2N2/c24-23(25)18-11-12-19-14-26-15-21(20(19)13-18)27-22(16-7-3-1-4-8-16)17-9-5-2-6-10-17/h1-15,23H. The molecule has 0 saturated carbocycles. The Morgan fingerprint density at radius 2 is 1.41 bits per heavy atom. The molecule has 0 radical (unpaired) electrons. The lowest BCUT2D eigenvalue weighted by molar-refractivity contribution is 0.151. The Kier molecular flexibility index (Phi) is 4.71. The number of alkyl halides is 2. The van der Waals surface area contributed by atoms with Crippen LogP contribution in [0.4, 0.5) is 14.5 Å². The first-order valence-electron chi connectivity index (χ1n) is 8.58. The molecule has 0 aliphatic rings. The number of benzene rings is 3. The van der Waals surface area contributed by atoms with Crippen LogP contribution in [0, 0.1) is 0 Å². The third-order valence-corrected chi connectivity index (χ3v) is 4.34. The van der Waals surface area contributed by atoms with Crippen molar-refractivity contribution in [1.29, 1.82) is 0 Å². The summed E-state index contributed by atoms with van der Waals surface area (Å²) < 4.78 is 26.3. The van der Waals surface area contributed by atoms with Gasteiger partial charge in [0.2, 0.25) is 0 Å². The molecule has 0 fully saturated rings. The molecule has 0 aliphatic heterocycles. The zero-order chi connectivity index (χ0) is 18.6. The smallest absolute Gasteiger partial charge is 0.262 e. The van der Waals surface area contributed by atoms with Crippen molar-refractivity contribution in [2.45, 2.75) is 6.43 Å². The molecule has 4 rings (SSSR count). The van der Waals surface area contributed by atoms with E-state index in [2.05, 4.69) is 4.98 Å². The van der Waals surface area contributed by atoms with Crippen LogP contribution in [-0.4, -0.2) is 10.7 Å². The molecule has 0 N–H and O–H groups in total. The van der Waals surface area contributed by atoms with E-state index in [4.69, 9.17) is 4.99 Å². The first-order valence-corrected chi connectivity index (χ1v) is 8.58. The Bertz CT molecular complexity index is 1050. The highest BCUT2D eigenvalue weighted by atomic mass is 19.3. The lowest BCUT2D eigenvalue weighted by Crippen LogP contribution is -2.02. The number of pyridine rings is 1. The van der Waals surface area contributed by atoms with Gasteiger partial charge >= 0.3 is 0 Å². The molecular formula is C23H16F2N2. The minimum atomic E-state index is -2.53. The molecule has 27 heavy (non-hydrogen) atoms. The predicted molar refractivity (Wildman–Crippen MR) is 105 cm³/mol. The zero-order valence-corrected chi connectivity index (χ0v) is 14.4. The van der Waals surface area contributed by atoms with Crippen LogP contribution >= 0.6 is 0 Å². The number of hydrogen-bond acceptors (Lipinski definition) is 2. The summed E-state index contributed by atoms with van der Waals surface area (Å²) in [7, 11) is 0. The van der Waals surface area contributed by atoms with Crippen molar-refractivity contribution in [3.05, 3.63) is 108 Å². The van der Waals surface area contributed by atoms with Gasteiger partial charge in [-0.05, 0) is 6.07 Å². The second-order valence-electron chi connectivity index (χ2n) is 6.13. The summed E-state index contributed by atoms with van der Waals surface area (Å²) in [5.74, 6) is 0. The van der Waals surface area contributed by atoms with E-state index in [9.17, 15) is 8.78 Å². The van der Waals surface area contributed by atoms with Crippen molar-refractivity contribution < 1.29 is 8.78 Å². The molecule has 1 heterocycles. The molecule has 0 aliphatic carbocycles. The van der Waals surface area contributed by atoms with E-state index in [1.165, 1.54) is 12.1 Å². The minimum absolute atomic E-state index is 0.0221. The summed E-state index contributed by atoms with van der Waals surface area (Å²) >= 11 is 0.